The number of hydrogen-bond donors (Lipinski definition) is 1. The average molecular weight is 412 g/mol. The highest BCUT2D eigenvalue weighted by atomic mass is 16.5. The van der Waals surface area contributed by atoms with E-state index in [0.717, 1.165) is 11.1 Å². The van der Waals surface area contributed by atoms with Crippen molar-refractivity contribution in [2.24, 2.45) is 0 Å². The molecule has 2 aliphatic heterocycles. The molecular weight excluding hydrogens is 388 g/mol. The van der Waals surface area contributed by atoms with Gasteiger partial charge in [-0.3, -0.25) is 9.59 Å². The van der Waals surface area contributed by atoms with Crippen LogP contribution in [0.25, 0.3) is 11.1 Å². The van der Waals surface area contributed by atoms with Crippen molar-refractivity contribution in [3.05, 3.63) is 83.9 Å². The summed E-state index contributed by atoms with van der Waals surface area (Å²) in [6.45, 7) is 1.06. The number of ketones is 1. The molecule has 1 spiro atoms. The van der Waals surface area contributed by atoms with Crippen LogP contribution in [0.2, 0.25) is 0 Å². The number of likely N-dealkylation sites (tertiary alicyclic amines) is 1. The predicted octanol–water partition coefficient (Wildman–Crippen LogP) is 4.58. The highest BCUT2D eigenvalue weighted by Crippen LogP contribution is 2.39. The van der Waals surface area contributed by atoms with E-state index in [-0.39, 0.29) is 11.7 Å². The third-order valence-electron chi connectivity index (χ3n) is 6.35. The third-order valence-corrected chi connectivity index (χ3v) is 6.35. The molecule has 5 heteroatoms. The molecule has 0 saturated carbocycles. The third kappa shape index (κ3) is 3.56. The van der Waals surface area contributed by atoms with Gasteiger partial charge in [-0.1, -0.05) is 48.5 Å². The van der Waals surface area contributed by atoms with Crippen molar-refractivity contribution < 1.29 is 14.3 Å². The van der Waals surface area contributed by atoms with Crippen LogP contribution in [-0.2, 0) is 0 Å². The lowest BCUT2D eigenvalue weighted by molar-refractivity contribution is -0.00567. The zero-order valence-corrected chi connectivity index (χ0v) is 17.2. The van der Waals surface area contributed by atoms with E-state index < -0.39 is 5.60 Å². The van der Waals surface area contributed by atoms with Crippen LogP contribution < -0.4 is 10.5 Å². The fourth-order valence-corrected chi connectivity index (χ4v) is 4.56. The van der Waals surface area contributed by atoms with E-state index in [4.69, 9.17) is 10.5 Å². The SMILES string of the molecule is Nc1ccc(-c2ccccc2)cc1C(=O)N1CCC2(CC1)CC(=O)c1ccccc1O2. The van der Waals surface area contributed by atoms with Crippen molar-refractivity contribution >= 4 is 17.4 Å². The van der Waals surface area contributed by atoms with E-state index in [0.29, 0.717) is 54.9 Å². The summed E-state index contributed by atoms with van der Waals surface area (Å²) in [5.41, 5.74) is 9.29. The summed E-state index contributed by atoms with van der Waals surface area (Å²) in [4.78, 5) is 27.7. The normalized spacial score (nSPS) is 17.2. The molecule has 2 heterocycles. The summed E-state index contributed by atoms with van der Waals surface area (Å²) in [5, 5.41) is 0. The van der Waals surface area contributed by atoms with E-state index in [2.05, 4.69) is 0 Å². The lowest BCUT2D eigenvalue weighted by atomic mass is 9.82. The molecule has 0 bridgehead atoms. The number of nitrogens with two attached hydrogens (primary N) is 1. The number of amides is 1. The Morgan fingerprint density at radius 2 is 1.61 bits per heavy atom. The number of nitrogens with zero attached hydrogens (tertiary/aromatic N) is 1. The van der Waals surface area contributed by atoms with Crippen LogP contribution in [0.1, 0.15) is 40.0 Å². The molecule has 2 N–H and O–H groups in total. The smallest absolute Gasteiger partial charge is 0.255 e. The standard InChI is InChI=1S/C26H24N2O3/c27-22-11-10-19(18-6-2-1-3-7-18)16-21(22)25(30)28-14-12-26(13-15-28)17-23(29)20-8-4-5-9-24(20)31-26/h1-11,16H,12-15,17,27H2. The molecule has 0 aliphatic carbocycles. The molecule has 156 valence electrons. The van der Waals surface area contributed by atoms with E-state index in [1.54, 1.807) is 6.07 Å². The van der Waals surface area contributed by atoms with Gasteiger partial charge in [-0.15, -0.1) is 0 Å². The van der Waals surface area contributed by atoms with Crippen LogP contribution in [-0.4, -0.2) is 35.3 Å². The van der Waals surface area contributed by atoms with E-state index in [9.17, 15) is 9.59 Å². The fraction of sp³-hybridized carbons (Fsp3) is 0.231. The fourth-order valence-electron chi connectivity index (χ4n) is 4.56. The second-order valence-corrected chi connectivity index (χ2v) is 8.34. The summed E-state index contributed by atoms with van der Waals surface area (Å²) in [6, 6.07) is 22.9. The van der Waals surface area contributed by atoms with Gasteiger partial charge in [0.25, 0.3) is 5.91 Å². The maximum absolute atomic E-state index is 13.3. The largest absolute Gasteiger partial charge is 0.486 e. The number of carbonyl (C=O) groups is 2. The molecule has 0 unspecified atom stereocenters. The zero-order chi connectivity index (χ0) is 21.4. The molecule has 3 aromatic rings. The first-order valence-electron chi connectivity index (χ1n) is 10.6. The molecular formula is C26H24N2O3. The molecule has 5 nitrogen and oxygen atoms in total. The molecule has 0 atom stereocenters. The van der Waals surface area contributed by atoms with Gasteiger partial charge in [-0.2, -0.15) is 0 Å². The molecule has 31 heavy (non-hydrogen) atoms. The van der Waals surface area contributed by atoms with Gasteiger partial charge >= 0.3 is 0 Å². The minimum atomic E-state index is -0.528. The number of benzene rings is 3. The number of hydrogen-bond acceptors (Lipinski definition) is 4. The Labute approximate surface area is 181 Å². The number of ether oxygens (including phenoxy) is 1. The minimum absolute atomic E-state index is 0.0762. The van der Waals surface area contributed by atoms with Gasteiger partial charge in [-0.05, 0) is 35.4 Å². The Morgan fingerprint density at radius 1 is 0.903 bits per heavy atom. The predicted molar refractivity (Wildman–Crippen MR) is 120 cm³/mol. The molecule has 2 aliphatic rings. The lowest BCUT2D eigenvalue weighted by Gasteiger charge is -2.44. The van der Waals surface area contributed by atoms with Crippen molar-refractivity contribution in [3.63, 3.8) is 0 Å². The van der Waals surface area contributed by atoms with Gasteiger partial charge in [-0.25, -0.2) is 0 Å². The van der Waals surface area contributed by atoms with Crippen molar-refractivity contribution in [3.8, 4) is 16.9 Å². The van der Waals surface area contributed by atoms with Crippen molar-refractivity contribution in [1.82, 2.24) is 4.90 Å². The number of anilines is 1. The first kappa shape index (κ1) is 19.4. The topological polar surface area (TPSA) is 72.6 Å². The average Bonchev–Trinajstić information content (AvgIpc) is 2.80. The number of para-hydroxylation sites is 1. The van der Waals surface area contributed by atoms with Crippen LogP contribution in [0.3, 0.4) is 0 Å². The first-order valence-corrected chi connectivity index (χ1v) is 10.6. The summed E-state index contributed by atoms with van der Waals surface area (Å²) in [5.74, 6) is 0.687. The van der Waals surface area contributed by atoms with Gasteiger partial charge in [0.1, 0.15) is 11.4 Å². The van der Waals surface area contributed by atoms with Crippen LogP contribution >= 0.6 is 0 Å². The van der Waals surface area contributed by atoms with Crippen LogP contribution in [0.5, 0.6) is 5.75 Å². The maximum Gasteiger partial charge on any atom is 0.255 e. The Morgan fingerprint density at radius 3 is 2.39 bits per heavy atom. The number of piperidine rings is 1. The first-order chi connectivity index (χ1) is 15.0. The molecule has 0 aromatic heterocycles. The van der Waals surface area contributed by atoms with Crippen molar-refractivity contribution in [2.75, 3.05) is 18.8 Å². The summed E-state index contributed by atoms with van der Waals surface area (Å²) >= 11 is 0. The number of rotatable bonds is 2. The molecule has 3 aromatic carbocycles. The van der Waals surface area contributed by atoms with Crippen molar-refractivity contribution in [2.45, 2.75) is 24.9 Å². The highest BCUT2D eigenvalue weighted by molar-refractivity contribution is 6.01. The van der Waals surface area contributed by atoms with E-state index >= 15 is 0 Å². The number of nitrogen functional groups attached to an aromatic ring is 1. The van der Waals surface area contributed by atoms with Crippen LogP contribution in [0.4, 0.5) is 5.69 Å². The van der Waals surface area contributed by atoms with Crippen LogP contribution in [0.15, 0.2) is 72.8 Å². The van der Waals surface area contributed by atoms with Crippen LogP contribution in [0, 0.1) is 0 Å². The maximum atomic E-state index is 13.3. The Balaban J connectivity index is 1.34. The Kier molecular flexibility index (Phi) is 4.74. The van der Waals surface area contributed by atoms with E-state index in [1.807, 2.05) is 71.6 Å². The Hall–Kier alpha value is -3.60. The number of fused-ring (bicyclic) bond motifs is 1. The van der Waals surface area contributed by atoms with Gasteiger partial charge in [0, 0.05) is 31.6 Å². The molecule has 1 saturated heterocycles. The molecule has 1 fully saturated rings. The van der Waals surface area contributed by atoms with Gasteiger partial charge < -0.3 is 15.4 Å². The summed E-state index contributed by atoms with van der Waals surface area (Å²) < 4.78 is 6.28. The van der Waals surface area contributed by atoms with E-state index in [1.165, 1.54) is 0 Å². The Bertz CT molecular complexity index is 1150. The summed E-state index contributed by atoms with van der Waals surface area (Å²) in [7, 11) is 0. The molecule has 5 rings (SSSR count). The van der Waals surface area contributed by atoms with Crippen molar-refractivity contribution in [1.29, 1.82) is 0 Å². The zero-order valence-electron chi connectivity index (χ0n) is 17.2. The van der Waals surface area contributed by atoms with Gasteiger partial charge in [0.15, 0.2) is 5.78 Å². The number of Topliss-reactive ketones (excluding diaryl/α,β-unsaturated/α-hetero) is 1. The highest BCUT2D eigenvalue weighted by Gasteiger charge is 2.43. The monoisotopic (exact) mass is 412 g/mol. The molecule has 0 radical (unpaired) electrons. The lowest BCUT2D eigenvalue weighted by Crippen LogP contribution is -2.52. The van der Waals surface area contributed by atoms with Gasteiger partial charge in [0.05, 0.1) is 17.5 Å². The summed E-state index contributed by atoms with van der Waals surface area (Å²) in [6.07, 6.45) is 1.60. The minimum Gasteiger partial charge on any atom is -0.486 e. The van der Waals surface area contributed by atoms with Gasteiger partial charge in [0.2, 0.25) is 0 Å². The quantitative estimate of drug-likeness (QED) is 0.626. The second kappa shape index (κ2) is 7.58. The number of carbonyl (C=O) groups excluding carboxylic acids is 2. The molecule has 1 amide bonds. The second-order valence-electron chi connectivity index (χ2n) is 8.34.